The van der Waals surface area contributed by atoms with E-state index in [0.29, 0.717) is 12.0 Å². The Balaban J connectivity index is 2.38. The lowest BCUT2D eigenvalue weighted by Crippen LogP contribution is -2.23. The van der Waals surface area contributed by atoms with Crippen molar-refractivity contribution in [2.24, 2.45) is 16.6 Å². The van der Waals surface area contributed by atoms with Gasteiger partial charge in [-0.15, -0.1) is 0 Å². The average molecular weight is 160 g/mol. The molecule has 0 amide bonds. The minimum absolute atomic E-state index is 0.294. The van der Waals surface area contributed by atoms with E-state index in [-0.39, 0.29) is 0 Å². The van der Waals surface area contributed by atoms with E-state index in [1.165, 1.54) is 5.57 Å². The summed E-state index contributed by atoms with van der Waals surface area (Å²) in [5, 5.41) is 0. The van der Waals surface area contributed by atoms with Crippen LogP contribution >= 0.6 is 0 Å². The van der Waals surface area contributed by atoms with E-state index in [2.05, 4.69) is 24.1 Å². The van der Waals surface area contributed by atoms with Gasteiger partial charge in [-0.2, -0.15) is 0 Å². The second-order valence-electron chi connectivity index (χ2n) is 3.27. The molecular weight excluding hydrogens is 148 g/mol. The zero-order valence-corrected chi connectivity index (χ0v) is 7.07. The molecule has 2 N–H and O–H groups in total. The molecule has 0 radical (unpaired) electrons. The monoisotopic (exact) mass is 160 g/mol. The fourth-order valence-electron chi connectivity index (χ4n) is 1.69. The number of dihydropyridines is 1. The van der Waals surface area contributed by atoms with Gasteiger partial charge in [-0.1, -0.05) is 19.1 Å². The highest BCUT2D eigenvalue weighted by Gasteiger charge is 2.21. The molecule has 2 nitrogen and oxygen atoms in total. The Bertz CT molecular complexity index is 308. The van der Waals surface area contributed by atoms with Gasteiger partial charge >= 0.3 is 0 Å². The second-order valence-corrected chi connectivity index (χ2v) is 3.27. The number of aliphatic imine (C=N–C) groups is 1. The van der Waals surface area contributed by atoms with Crippen LogP contribution in [0.2, 0.25) is 0 Å². The molecule has 2 heteroatoms. The maximum Gasteiger partial charge on any atom is 0.0810 e. The minimum Gasteiger partial charge on any atom is -0.399 e. The first kappa shape index (κ1) is 7.35. The molecule has 1 heterocycles. The number of fused-ring (bicyclic) bond motifs is 1. The number of hydrogen-bond donors (Lipinski definition) is 1. The van der Waals surface area contributed by atoms with Gasteiger partial charge in [-0.05, 0) is 17.7 Å². The van der Waals surface area contributed by atoms with Crippen LogP contribution in [-0.4, -0.2) is 12.3 Å². The van der Waals surface area contributed by atoms with Crippen molar-refractivity contribution >= 4 is 6.21 Å². The van der Waals surface area contributed by atoms with Gasteiger partial charge in [0.15, 0.2) is 0 Å². The van der Waals surface area contributed by atoms with Crippen LogP contribution in [0.4, 0.5) is 0 Å². The van der Waals surface area contributed by atoms with E-state index in [0.717, 1.165) is 5.70 Å². The maximum absolute atomic E-state index is 5.73. The van der Waals surface area contributed by atoms with Gasteiger partial charge in [0, 0.05) is 17.8 Å². The molecule has 2 unspecified atom stereocenters. The summed E-state index contributed by atoms with van der Waals surface area (Å²) in [5.74, 6) is 0.422. The molecule has 0 fully saturated rings. The molecule has 12 heavy (non-hydrogen) atoms. The Morgan fingerprint density at radius 1 is 1.50 bits per heavy atom. The van der Waals surface area contributed by atoms with Crippen molar-refractivity contribution in [3.63, 3.8) is 0 Å². The highest BCUT2D eigenvalue weighted by Crippen LogP contribution is 2.26. The lowest BCUT2D eigenvalue weighted by atomic mass is 9.88. The maximum atomic E-state index is 5.73. The summed E-state index contributed by atoms with van der Waals surface area (Å²) < 4.78 is 0. The first-order valence-corrected chi connectivity index (χ1v) is 4.16. The highest BCUT2D eigenvalue weighted by atomic mass is 14.8. The Hall–Kier alpha value is -1.31. The largest absolute Gasteiger partial charge is 0.399 e. The fraction of sp³-hybridized carbons (Fsp3) is 0.300. The smallest absolute Gasteiger partial charge is 0.0810 e. The summed E-state index contributed by atoms with van der Waals surface area (Å²) in [6.45, 7) is 2.14. The first-order valence-electron chi connectivity index (χ1n) is 4.16. The lowest BCUT2D eigenvalue weighted by molar-refractivity contribution is 0.603. The Morgan fingerprint density at radius 3 is 3.17 bits per heavy atom. The van der Waals surface area contributed by atoms with E-state index in [1.807, 2.05) is 18.4 Å². The van der Waals surface area contributed by atoms with Gasteiger partial charge < -0.3 is 5.73 Å². The van der Waals surface area contributed by atoms with Crippen LogP contribution in [0.15, 0.2) is 40.6 Å². The van der Waals surface area contributed by atoms with Gasteiger partial charge in [0.05, 0.1) is 6.04 Å². The molecule has 0 aromatic heterocycles. The molecule has 0 aromatic carbocycles. The van der Waals surface area contributed by atoms with Crippen LogP contribution < -0.4 is 5.73 Å². The van der Waals surface area contributed by atoms with Crippen molar-refractivity contribution in [3.8, 4) is 0 Å². The van der Waals surface area contributed by atoms with Crippen LogP contribution in [0.1, 0.15) is 6.92 Å². The molecule has 0 saturated heterocycles. The number of nitrogens with two attached hydrogens (primary N) is 1. The van der Waals surface area contributed by atoms with Crippen molar-refractivity contribution in [2.45, 2.75) is 13.0 Å². The number of allylic oxidation sites excluding steroid dienone is 2. The third-order valence-electron chi connectivity index (χ3n) is 2.25. The molecule has 0 bridgehead atoms. The zero-order valence-electron chi connectivity index (χ0n) is 7.07. The molecule has 2 atom stereocenters. The summed E-state index contributed by atoms with van der Waals surface area (Å²) in [6.07, 6.45) is 9.94. The number of hydrogen-bond acceptors (Lipinski definition) is 2. The summed E-state index contributed by atoms with van der Waals surface area (Å²) in [6, 6.07) is 0.294. The first-order chi connectivity index (χ1) is 5.77. The molecule has 2 rings (SSSR count). The fourth-order valence-corrected chi connectivity index (χ4v) is 1.69. The third kappa shape index (κ3) is 1.09. The normalized spacial score (nSPS) is 32.4. The molecular formula is C10H12N2. The van der Waals surface area contributed by atoms with Crippen molar-refractivity contribution in [1.82, 2.24) is 0 Å². The standard InChI is InChI=1S/C10H12N2/c1-7-5-9(11)6-8-3-2-4-12-10(7)8/h2-7,10H,11H2,1H3. The van der Waals surface area contributed by atoms with Crippen LogP contribution in [0, 0.1) is 5.92 Å². The van der Waals surface area contributed by atoms with E-state index in [4.69, 9.17) is 5.73 Å². The van der Waals surface area contributed by atoms with Gasteiger partial charge in [0.2, 0.25) is 0 Å². The van der Waals surface area contributed by atoms with Gasteiger partial charge in [0.1, 0.15) is 0 Å². The van der Waals surface area contributed by atoms with Gasteiger partial charge in [0.25, 0.3) is 0 Å². The van der Waals surface area contributed by atoms with Gasteiger partial charge in [-0.3, -0.25) is 4.99 Å². The topological polar surface area (TPSA) is 38.4 Å². The van der Waals surface area contributed by atoms with E-state index in [1.54, 1.807) is 0 Å². The van der Waals surface area contributed by atoms with Crippen LogP contribution in [0.5, 0.6) is 0 Å². The van der Waals surface area contributed by atoms with E-state index >= 15 is 0 Å². The highest BCUT2D eigenvalue weighted by molar-refractivity contribution is 5.75. The predicted octanol–water partition coefficient (Wildman–Crippen LogP) is 1.41. The lowest BCUT2D eigenvalue weighted by Gasteiger charge is -2.24. The van der Waals surface area contributed by atoms with Crippen molar-refractivity contribution in [1.29, 1.82) is 0 Å². The number of nitrogens with zero attached hydrogens (tertiary/aromatic N) is 1. The number of rotatable bonds is 0. The Kier molecular flexibility index (Phi) is 1.61. The minimum atomic E-state index is 0.294. The Labute approximate surface area is 72.2 Å². The molecule has 62 valence electrons. The summed E-state index contributed by atoms with van der Waals surface area (Å²) in [7, 11) is 0. The third-order valence-corrected chi connectivity index (χ3v) is 2.25. The average Bonchev–Trinajstić information content (AvgIpc) is 2.04. The van der Waals surface area contributed by atoms with Crippen molar-refractivity contribution in [3.05, 3.63) is 35.6 Å². The van der Waals surface area contributed by atoms with Crippen LogP contribution in [0.25, 0.3) is 0 Å². The predicted molar refractivity (Wildman–Crippen MR) is 50.9 cm³/mol. The van der Waals surface area contributed by atoms with Crippen molar-refractivity contribution < 1.29 is 0 Å². The molecule has 0 saturated carbocycles. The molecule has 1 aliphatic heterocycles. The van der Waals surface area contributed by atoms with Crippen LogP contribution in [-0.2, 0) is 0 Å². The summed E-state index contributed by atoms with van der Waals surface area (Å²) in [5.41, 5.74) is 7.81. The molecule has 0 aromatic rings. The quantitative estimate of drug-likeness (QED) is 0.571. The van der Waals surface area contributed by atoms with E-state index < -0.39 is 0 Å². The Morgan fingerprint density at radius 2 is 2.33 bits per heavy atom. The van der Waals surface area contributed by atoms with Gasteiger partial charge in [-0.25, -0.2) is 0 Å². The molecule has 1 aliphatic carbocycles. The van der Waals surface area contributed by atoms with E-state index in [9.17, 15) is 0 Å². The summed E-state index contributed by atoms with van der Waals surface area (Å²) in [4.78, 5) is 4.39. The van der Waals surface area contributed by atoms with Crippen LogP contribution in [0.3, 0.4) is 0 Å². The summed E-state index contributed by atoms with van der Waals surface area (Å²) >= 11 is 0. The zero-order chi connectivity index (χ0) is 8.55. The molecule has 2 aliphatic rings. The SMILES string of the molecule is CC1C=C(N)C=C2C=CC=NC21. The van der Waals surface area contributed by atoms with Crippen molar-refractivity contribution in [2.75, 3.05) is 0 Å². The second kappa shape index (κ2) is 2.63. The molecule has 0 spiro atoms.